The van der Waals surface area contributed by atoms with E-state index in [1.165, 1.54) is 6.08 Å². The molecule has 3 aromatic rings. The van der Waals surface area contributed by atoms with Crippen molar-refractivity contribution in [2.24, 2.45) is 0 Å². The van der Waals surface area contributed by atoms with Crippen LogP contribution in [0.25, 0.3) is 16.5 Å². The van der Waals surface area contributed by atoms with Crippen LogP contribution in [0.15, 0.2) is 48.8 Å². The van der Waals surface area contributed by atoms with Gasteiger partial charge in [0.2, 0.25) is 5.88 Å². The van der Waals surface area contributed by atoms with E-state index in [2.05, 4.69) is 15.2 Å². The molecular formula is C16H13N3O2. The average molecular weight is 279 g/mol. The summed E-state index contributed by atoms with van der Waals surface area (Å²) < 4.78 is 5.18. The Labute approximate surface area is 121 Å². The number of benzene rings is 1. The van der Waals surface area contributed by atoms with Gasteiger partial charge in [0.25, 0.3) is 0 Å². The van der Waals surface area contributed by atoms with E-state index in [1.807, 2.05) is 30.3 Å². The van der Waals surface area contributed by atoms with Crippen molar-refractivity contribution < 1.29 is 9.53 Å². The monoisotopic (exact) mass is 279 g/mol. The standard InChI is InChI=1S/C16H13N3O2/c1-21-16-14-5-4-11(9-15(14)18-19-16)13(6-8-20)12-3-2-7-17-10-12/h2-10H,1H3,(H,18,19)/b13-6-. The first-order valence-corrected chi connectivity index (χ1v) is 6.42. The quantitative estimate of drug-likeness (QED) is 0.589. The van der Waals surface area contributed by atoms with Gasteiger partial charge in [0.05, 0.1) is 18.0 Å². The van der Waals surface area contributed by atoms with Gasteiger partial charge >= 0.3 is 0 Å². The predicted octanol–water partition coefficient (Wildman–Crippen LogP) is 2.60. The lowest BCUT2D eigenvalue weighted by Crippen LogP contribution is -1.90. The van der Waals surface area contributed by atoms with Crippen LogP contribution in [-0.4, -0.2) is 28.6 Å². The number of nitrogens with zero attached hydrogens (tertiary/aromatic N) is 2. The normalized spacial score (nSPS) is 11.6. The lowest BCUT2D eigenvalue weighted by Gasteiger charge is -2.07. The van der Waals surface area contributed by atoms with Crippen molar-refractivity contribution in [2.75, 3.05) is 7.11 Å². The Morgan fingerprint density at radius 1 is 1.29 bits per heavy atom. The average Bonchev–Trinajstić information content (AvgIpc) is 2.95. The molecule has 1 aromatic carbocycles. The number of H-pyrrole nitrogens is 1. The number of carbonyl (C=O) groups excluding carboxylic acids is 1. The number of hydrogen-bond acceptors (Lipinski definition) is 4. The van der Waals surface area contributed by atoms with Crippen molar-refractivity contribution in [1.82, 2.24) is 15.2 Å². The second-order valence-corrected chi connectivity index (χ2v) is 4.45. The maximum Gasteiger partial charge on any atom is 0.240 e. The van der Waals surface area contributed by atoms with Crippen LogP contribution in [0.1, 0.15) is 11.1 Å². The fourth-order valence-corrected chi connectivity index (χ4v) is 2.27. The molecule has 0 unspecified atom stereocenters. The van der Waals surface area contributed by atoms with Gasteiger partial charge < -0.3 is 4.74 Å². The van der Waals surface area contributed by atoms with Crippen LogP contribution in [0.5, 0.6) is 5.88 Å². The van der Waals surface area contributed by atoms with E-state index in [4.69, 9.17) is 4.74 Å². The van der Waals surface area contributed by atoms with Crippen LogP contribution in [0, 0.1) is 0 Å². The lowest BCUT2D eigenvalue weighted by atomic mass is 9.98. The van der Waals surface area contributed by atoms with E-state index in [0.29, 0.717) is 5.88 Å². The highest BCUT2D eigenvalue weighted by Gasteiger charge is 2.10. The van der Waals surface area contributed by atoms with Gasteiger partial charge in [-0.3, -0.25) is 14.9 Å². The summed E-state index contributed by atoms with van der Waals surface area (Å²) in [6.07, 6.45) is 5.74. The summed E-state index contributed by atoms with van der Waals surface area (Å²) in [5, 5.41) is 7.91. The van der Waals surface area contributed by atoms with Gasteiger partial charge in [0, 0.05) is 18.0 Å². The molecule has 0 aliphatic carbocycles. The summed E-state index contributed by atoms with van der Waals surface area (Å²) in [6, 6.07) is 9.55. The van der Waals surface area contributed by atoms with E-state index in [1.54, 1.807) is 19.5 Å². The van der Waals surface area contributed by atoms with E-state index >= 15 is 0 Å². The van der Waals surface area contributed by atoms with Crippen LogP contribution in [0.4, 0.5) is 0 Å². The zero-order chi connectivity index (χ0) is 14.7. The Hall–Kier alpha value is -2.95. The third-order valence-electron chi connectivity index (χ3n) is 3.24. The molecule has 2 heterocycles. The predicted molar refractivity (Wildman–Crippen MR) is 80.0 cm³/mol. The van der Waals surface area contributed by atoms with Crippen molar-refractivity contribution in [3.05, 3.63) is 59.9 Å². The molecule has 5 heteroatoms. The molecule has 5 nitrogen and oxygen atoms in total. The number of fused-ring (bicyclic) bond motifs is 1. The second-order valence-electron chi connectivity index (χ2n) is 4.45. The number of carbonyl (C=O) groups is 1. The molecule has 0 saturated carbocycles. The van der Waals surface area contributed by atoms with Gasteiger partial charge in [0.1, 0.15) is 6.29 Å². The molecule has 0 saturated heterocycles. The molecule has 3 rings (SSSR count). The van der Waals surface area contributed by atoms with Gasteiger partial charge in [-0.1, -0.05) is 12.1 Å². The Kier molecular flexibility index (Phi) is 3.47. The molecule has 2 aromatic heterocycles. The Morgan fingerprint density at radius 3 is 2.90 bits per heavy atom. The van der Waals surface area contributed by atoms with Crippen molar-refractivity contribution in [3.8, 4) is 5.88 Å². The van der Waals surface area contributed by atoms with Crippen LogP contribution in [0.3, 0.4) is 0 Å². The summed E-state index contributed by atoms with van der Waals surface area (Å²) in [4.78, 5) is 15.0. The minimum atomic E-state index is 0.554. The van der Waals surface area contributed by atoms with Gasteiger partial charge in [-0.25, -0.2) is 0 Å². The molecule has 21 heavy (non-hydrogen) atoms. The highest BCUT2D eigenvalue weighted by atomic mass is 16.5. The van der Waals surface area contributed by atoms with Crippen LogP contribution in [-0.2, 0) is 4.79 Å². The third kappa shape index (κ3) is 2.41. The molecule has 1 N–H and O–H groups in total. The van der Waals surface area contributed by atoms with Gasteiger partial charge in [-0.2, -0.15) is 0 Å². The first-order chi connectivity index (χ1) is 10.3. The summed E-state index contributed by atoms with van der Waals surface area (Å²) >= 11 is 0. The molecule has 0 amide bonds. The molecule has 0 fully saturated rings. The second kappa shape index (κ2) is 5.58. The fourth-order valence-electron chi connectivity index (χ4n) is 2.27. The molecule has 0 aliphatic heterocycles. The lowest BCUT2D eigenvalue weighted by molar-refractivity contribution is -0.104. The maximum atomic E-state index is 10.9. The zero-order valence-electron chi connectivity index (χ0n) is 11.4. The minimum absolute atomic E-state index is 0.554. The summed E-state index contributed by atoms with van der Waals surface area (Å²) in [5.74, 6) is 0.554. The molecule has 0 spiro atoms. The minimum Gasteiger partial charge on any atom is -0.480 e. The zero-order valence-corrected chi connectivity index (χ0v) is 11.4. The number of aromatic nitrogens is 3. The topological polar surface area (TPSA) is 67.9 Å². The number of ether oxygens (including phenoxy) is 1. The first-order valence-electron chi connectivity index (χ1n) is 6.42. The molecule has 0 atom stereocenters. The van der Waals surface area contributed by atoms with Gasteiger partial charge in [-0.15, -0.1) is 5.10 Å². The van der Waals surface area contributed by atoms with Crippen molar-refractivity contribution in [2.45, 2.75) is 0 Å². The number of nitrogens with one attached hydrogen (secondary N) is 1. The van der Waals surface area contributed by atoms with Crippen molar-refractivity contribution in [1.29, 1.82) is 0 Å². The Balaban J connectivity index is 2.12. The van der Waals surface area contributed by atoms with Gasteiger partial charge in [0.15, 0.2) is 0 Å². The maximum absolute atomic E-state index is 10.9. The van der Waals surface area contributed by atoms with Gasteiger partial charge in [-0.05, 0) is 35.4 Å². The Morgan fingerprint density at radius 2 is 2.19 bits per heavy atom. The Bertz CT molecular complexity index is 807. The molecule has 0 radical (unpaired) electrons. The van der Waals surface area contributed by atoms with E-state index in [9.17, 15) is 4.79 Å². The number of aromatic amines is 1. The van der Waals surface area contributed by atoms with Crippen molar-refractivity contribution >= 4 is 22.8 Å². The number of allylic oxidation sites excluding steroid dienone is 1. The number of hydrogen-bond donors (Lipinski definition) is 1. The fraction of sp³-hybridized carbons (Fsp3) is 0.0625. The van der Waals surface area contributed by atoms with E-state index < -0.39 is 0 Å². The summed E-state index contributed by atoms with van der Waals surface area (Å²) in [7, 11) is 1.58. The first kappa shape index (κ1) is 13.1. The number of pyridine rings is 1. The number of methoxy groups -OCH3 is 1. The van der Waals surface area contributed by atoms with Crippen LogP contribution >= 0.6 is 0 Å². The summed E-state index contributed by atoms with van der Waals surface area (Å²) in [6.45, 7) is 0. The SMILES string of the molecule is COc1n[nH]c2cc(/C(=C/C=O)c3cccnc3)ccc12. The van der Waals surface area contributed by atoms with E-state index in [-0.39, 0.29) is 0 Å². The van der Waals surface area contributed by atoms with Crippen LogP contribution in [0.2, 0.25) is 0 Å². The molecule has 0 aliphatic rings. The summed E-state index contributed by atoms with van der Waals surface area (Å²) in [5.41, 5.74) is 3.46. The largest absolute Gasteiger partial charge is 0.480 e. The van der Waals surface area contributed by atoms with E-state index in [0.717, 1.165) is 33.9 Å². The molecule has 0 bridgehead atoms. The molecule has 104 valence electrons. The smallest absolute Gasteiger partial charge is 0.240 e. The molecular weight excluding hydrogens is 266 g/mol. The number of rotatable bonds is 4. The highest BCUT2D eigenvalue weighted by Crippen LogP contribution is 2.28. The highest BCUT2D eigenvalue weighted by molar-refractivity contribution is 5.93. The number of aldehydes is 1. The van der Waals surface area contributed by atoms with Crippen molar-refractivity contribution in [3.63, 3.8) is 0 Å². The van der Waals surface area contributed by atoms with Crippen LogP contribution < -0.4 is 4.74 Å². The third-order valence-corrected chi connectivity index (χ3v) is 3.24.